The van der Waals surface area contributed by atoms with Crippen LogP contribution in [0.1, 0.15) is 0 Å². The number of nitrogens with one attached hydrogen (secondary N) is 1. The van der Waals surface area contributed by atoms with Crippen LogP contribution in [0.3, 0.4) is 0 Å². The first-order valence-corrected chi connectivity index (χ1v) is 3.79. The highest BCUT2D eigenvalue weighted by atomic mass is 35.5. The predicted octanol–water partition coefficient (Wildman–Crippen LogP) is 0.751. The Bertz CT molecular complexity index is 335. The van der Waals surface area contributed by atoms with Crippen molar-refractivity contribution in [1.29, 1.82) is 0 Å². The number of hydrogen-bond acceptors (Lipinski definition) is 3. The van der Waals surface area contributed by atoms with E-state index in [4.69, 9.17) is 23.2 Å². The van der Waals surface area contributed by atoms with Gasteiger partial charge in [-0.15, -0.1) is 11.6 Å². The van der Waals surface area contributed by atoms with Crippen LogP contribution >= 0.6 is 23.2 Å². The first kappa shape index (κ1) is 9.11. The highest BCUT2D eigenvalue weighted by Crippen LogP contribution is 2.22. The van der Waals surface area contributed by atoms with Gasteiger partial charge in [-0.25, -0.2) is 9.59 Å². The van der Waals surface area contributed by atoms with E-state index in [0.29, 0.717) is 0 Å². The zero-order chi connectivity index (χ0) is 9.14. The summed E-state index contributed by atoms with van der Waals surface area (Å²) in [6.45, 7) is 0. The van der Waals surface area contributed by atoms with Gasteiger partial charge >= 0.3 is 0 Å². The summed E-state index contributed by atoms with van der Waals surface area (Å²) in [6.07, 6.45) is 1.36. The van der Waals surface area contributed by atoms with E-state index in [2.05, 4.69) is 5.32 Å². The lowest BCUT2D eigenvalue weighted by Gasteiger charge is -2.15. The minimum absolute atomic E-state index is 0.00640. The molecule has 1 heterocycles. The lowest BCUT2D eigenvalue weighted by Crippen LogP contribution is -2.25. The fourth-order valence-corrected chi connectivity index (χ4v) is 1.22. The van der Waals surface area contributed by atoms with Crippen LogP contribution < -0.4 is 5.32 Å². The fourth-order valence-electron chi connectivity index (χ4n) is 0.715. The van der Waals surface area contributed by atoms with Crippen molar-refractivity contribution in [2.75, 3.05) is 0 Å². The summed E-state index contributed by atoms with van der Waals surface area (Å²) in [6, 6.07) is 0. The Kier molecular flexibility index (Phi) is 2.74. The van der Waals surface area contributed by atoms with E-state index in [-0.39, 0.29) is 16.4 Å². The van der Waals surface area contributed by atoms with Crippen LogP contribution in [0.15, 0.2) is 22.5 Å². The van der Waals surface area contributed by atoms with Crippen LogP contribution in [-0.2, 0) is 9.59 Å². The van der Waals surface area contributed by atoms with Gasteiger partial charge in [0.1, 0.15) is 22.7 Å². The maximum atomic E-state index is 10.2. The molecule has 0 radical (unpaired) electrons. The lowest BCUT2D eigenvalue weighted by molar-refractivity contribution is 0.562. The summed E-state index contributed by atoms with van der Waals surface area (Å²) < 4.78 is 0. The molecule has 1 aliphatic heterocycles. The Morgan fingerprint density at radius 3 is 2.58 bits per heavy atom. The molecule has 1 rings (SSSR count). The van der Waals surface area contributed by atoms with E-state index in [0.717, 1.165) is 0 Å². The van der Waals surface area contributed by atoms with Gasteiger partial charge in [-0.2, -0.15) is 0 Å². The Morgan fingerprint density at radius 2 is 2.08 bits per heavy atom. The molecule has 3 nitrogen and oxygen atoms in total. The van der Waals surface area contributed by atoms with Gasteiger partial charge in [0.2, 0.25) is 0 Å². The maximum absolute atomic E-state index is 10.2. The van der Waals surface area contributed by atoms with Gasteiger partial charge in [0.25, 0.3) is 0 Å². The molecule has 12 heavy (non-hydrogen) atoms. The van der Waals surface area contributed by atoms with Crippen molar-refractivity contribution in [3.63, 3.8) is 0 Å². The molecule has 1 N–H and O–H groups in total. The van der Waals surface area contributed by atoms with Crippen LogP contribution in [0.4, 0.5) is 0 Å². The van der Waals surface area contributed by atoms with Gasteiger partial charge < -0.3 is 5.32 Å². The Balaban J connectivity index is 3.15. The van der Waals surface area contributed by atoms with Crippen molar-refractivity contribution in [3.8, 4) is 0 Å². The Hall–Kier alpha value is -0.980. The quantitative estimate of drug-likeness (QED) is 0.467. The molecule has 0 fully saturated rings. The van der Waals surface area contributed by atoms with Crippen molar-refractivity contribution < 1.29 is 9.59 Å². The summed E-state index contributed by atoms with van der Waals surface area (Å²) in [5.41, 5.74) is 0.0753. The van der Waals surface area contributed by atoms with Crippen LogP contribution in [0.5, 0.6) is 0 Å². The molecule has 5 heteroatoms. The van der Waals surface area contributed by atoms with Crippen molar-refractivity contribution in [2.45, 2.75) is 5.38 Å². The average molecular weight is 204 g/mol. The van der Waals surface area contributed by atoms with Crippen LogP contribution in [0.2, 0.25) is 0 Å². The monoisotopic (exact) mass is 203 g/mol. The minimum atomic E-state index is -0.660. The van der Waals surface area contributed by atoms with E-state index in [9.17, 15) is 9.59 Å². The highest BCUT2D eigenvalue weighted by molar-refractivity contribution is 6.34. The molecule has 0 bridgehead atoms. The largest absolute Gasteiger partial charge is 0.338 e. The molecule has 1 aliphatic rings. The summed E-state index contributed by atoms with van der Waals surface area (Å²) in [5, 5.41) is 1.90. The molecule has 0 aromatic carbocycles. The normalized spacial score (nSPS) is 22.2. The SMILES string of the molecule is O=C=C1NC(=C=O)C(Cl)C=C1Cl. The molecule has 0 spiro atoms. The molecule has 62 valence electrons. The van der Waals surface area contributed by atoms with E-state index >= 15 is 0 Å². The zero-order valence-electron chi connectivity index (χ0n) is 5.73. The Morgan fingerprint density at radius 1 is 1.42 bits per heavy atom. The molecule has 0 aromatic rings. The molecule has 0 saturated heterocycles. The number of allylic oxidation sites excluding steroid dienone is 2. The smallest absolute Gasteiger partial charge is 0.152 e. The molecule has 0 aliphatic carbocycles. The first-order valence-electron chi connectivity index (χ1n) is 2.98. The van der Waals surface area contributed by atoms with E-state index < -0.39 is 5.38 Å². The second-order valence-corrected chi connectivity index (χ2v) is 2.91. The standard InChI is InChI=1S/C7H3Cl2NO2/c8-4-1-5(9)7(3-12)10-6(4)2-11/h1,4,10H. The third-order valence-electron chi connectivity index (χ3n) is 1.28. The third-order valence-corrected chi connectivity index (χ3v) is 1.94. The molecule has 0 amide bonds. The summed E-state index contributed by atoms with van der Waals surface area (Å²) in [7, 11) is 0. The number of rotatable bonds is 0. The van der Waals surface area contributed by atoms with Crippen LogP contribution in [0, 0.1) is 0 Å². The molecule has 0 aromatic heterocycles. The number of halogens is 2. The molecule has 1 unspecified atom stereocenters. The highest BCUT2D eigenvalue weighted by Gasteiger charge is 2.20. The number of alkyl halides is 1. The molecular formula is C7H3Cl2NO2. The van der Waals surface area contributed by atoms with Crippen molar-refractivity contribution >= 4 is 35.1 Å². The predicted molar refractivity (Wildman–Crippen MR) is 45.1 cm³/mol. The van der Waals surface area contributed by atoms with Crippen molar-refractivity contribution in [3.05, 3.63) is 22.5 Å². The van der Waals surface area contributed by atoms with Gasteiger partial charge in [0.15, 0.2) is 5.94 Å². The van der Waals surface area contributed by atoms with Crippen LogP contribution in [0.25, 0.3) is 0 Å². The molecule has 1 atom stereocenters. The summed E-state index contributed by atoms with van der Waals surface area (Å²) in [4.78, 5) is 20.4. The first-order chi connectivity index (χ1) is 5.69. The number of carbonyl (C=O) groups excluding carboxylic acids is 2. The van der Waals surface area contributed by atoms with Gasteiger partial charge in [-0.3, -0.25) is 0 Å². The van der Waals surface area contributed by atoms with Gasteiger partial charge in [-0.05, 0) is 6.08 Å². The molecule has 0 saturated carbocycles. The Labute approximate surface area is 78.3 Å². The zero-order valence-corrected chi connectivity index (χ0v) is 7.24. The molecular weight excluding hydrogens is 201 g/mol. The van der Waals surface area contributed by atoms with Crippen molar-refractivity contribution in [2.24, 2.45) is 0 Å². The summed E-state index contributed by atoms with van der Waals surface area (Å²) in [5.74, 6) is 3.09. The van der Waals surface area contributed by atoms with Gasteiger partial charge in [0.05, 0.1) is 5.03 Å². The maximum Gasteiger partial charge on any atom is 0.152 e. The topological polar surface area (TPSA) is 46.2 Å². The second kappa shape index (κ2) is 3.61. The minimum Gasteiger partial charge on any atom is -0.338 e. The van der Waals surface area contributed by atoms with E-state index in [1.807, 2.05) is 0 Å². The van der Waals surface area contributed by atoms with Gasteiger partial charge in [-0.1, -0.05) is 11.6 Å². The van der Waals surface area contributed by atoms with Crippen molar-refractivity contribution in [1.82, 2.24) is 5.32 Å². The lowest BCUT2D eigenvalue weighted by atomic mass is 10.2. The van der Waals surface area contributed by atoms with E-state index in [1.54, 1.807) is 5.94 Å². The summed E-state index contributed by atoms with van der Waals surface area (Å²) >= 11 is 11.2. The van der Waals surface area contributed by atoms with E-state index in [1.165, 1.54) is 12.0 Å². The number of hydrogen-bond donors (Lipinski definition) is 1. The second-order valence-electron chi connectivity index (χ2n) is 2.03. The van der Waals surface area contributed by atoms with Gasteiger partial charge in [0, 0.05) is 0 Å². The average Bonchev–Trinajstić information content (AvgIpc) is 2.05. The fraction of sp³-hybridized carbons (Fsp3) is 0.143. The van der Waals surface area contributed by atoms with Crippen LogP contribution in [-0.4, -0.2) is 17.3 Å². The third kappa shape index (κ3) is 1.60.